The molecule has 0 spiro atoms. The summed E-state index contributed by atoms with van der Waals surface area (Å²) in [6.45, 7) is 6.14. The van der Waals surface area contributed by atoms with E-state index in [0.29, 0.717) is 24.0 Å². The van der Waals surface area contributed by atoms with Gasteiger partial charge in [-0.15, -0.1) is 0 Å². The minimum Gasteiger partial charge on any atom is -0.475 e. The van der Waals surface area contributed by atoms with Crippen LogP contribution >= 0.6 is 0 Å². The number of anilines is 1. The van der Waals surface area contributed by atoms with Gasteiger partial charge in [0.05, 0.1) is 24.5 Å². The van der Waals surface area contributed by atoms with Crippen molar-refractivity contribution in [2.75, 3.05) is 38.2 Å². The maximum atomic E-state index is 13.0. The second-order valence-electron chi connectivity index (χ2n) is 7.15. The fourth-order valence-corrected chi connectivity index (χ4v) is 3.49. The molecule has 3 heterocycles. The van der Waals surface area contributed by atoms with Crippen molar-refractivity contribution in [2.24, 2.45) is 5.92 Å². The van der Waals surface area contributed by atoms with Gasteiger partial charge in [-0.05, 0) is 13.0 Å². The molecule has 1 aromatic rings. The summed E-state index contributed by atoms with van der Waals surface area (Å²) in [6.07, 6.45) is -6.41. The summed E-state index contributed by atoms with van der Waals surface area (Å²) in [5.41, 5.74) is 0. The molecule has 2 saturated heterocycles. The average molecular weight is 508 g/mol. The molecule has 16 heteroatoms. The third-order valence-corrected chi connectivity index (χ3v) is 5.04. The second kappa shape index (κ2) is 12.1. The van der Waals surface area contributed by atoms with Crippen LogP contribution in [-0.2, 0) is 14.3 Å². The lowest BCUT2D eigenvalue weighted by atomic mass is 9.89. The highest BCUT2D eigenvalue weighted by Gasteiger charge is 2.45. The first kappa shape index (κ1) is 29.3. The lowest BCUT2D eigenvalue weighted by Crippen LogP contribution is -2.52. The number of carboxylic acid groups (broad SMARTS) is 2. The SMILES string of the molecule is CCN1C[C@H]2[C@@H](C1)N(c1ncc(F)cn1)CC[C@H]2OC.O=C(O)C(F)(F)F.O=C(O)C(F)(F)F. The number of methoxy groups -OCH3 is 1. The third kappa shape index (κ3) is 8.55. The highest BCUT2D eigenvalue weighted by Crippen LogP contribution is 2.34. The first-order valence-corrected chi connectivity index (χ1v) is 9.71. The lowest BCUT2D eigenvalue weighted by Gasteiger charge is -2.41. The number of hydrogen-bond donors (Lipinski definition) is 2. The van der Waals surface area contributed by atoms with Crippen LogP contribution in [0.25, 0.3) is 0 Å². The first-order chi connectivity index (χ1) is 15.6. The van der Waals surface area contributed by atoms with Gasteiger partial charge in [-0.2, -0.15) is 26.3 Å². The average Bonchev–Trinajstić information content (AvgIpc) is 3.18. The molecule has 0 aliphatic carbocycles. The number of aliphatic carboxylic acids is 2. The summed E-state index contributed by atoms with van der Waals surface area (Å²) in [4.78, 5) is 30.7. The number of piperidine rings is 1. The number of ether oxygens (including phenoxy) is 1. The number of aromatic nitrogens is 2. The Morgan fingerprint density at radius 3 is 1.91 bits per heavy atom. The maximum absolute atomic E-state index is 13.0. The minimum atomic E-state index is -5.08. The van der Waals surface area contributed by atoms with Gasteiger partial charge in [0, 0.05) is 32.7 Å². The standard InChI is InChI=1S/C14H21FN4O.2C2HF3O2/c1-3-18-8-11-12(9-18)19(5-4-13(11)20-2)14-16-6-10(15)7-17-14;2*3-2(4,5)1(6)7/h6-7,11-13H,3-5,8-9H2,1-2H3;2*(H,6,7)/t11-,12+,13+;;/m0../s1. The molecule has 0 unspecified atom stereocenters. The molecule has 2 aliphatic heterocycles. The molecule has 2 N–H and O–H groups in total. The Bertz CT molecular complexity index is 783. The number of rotatable bonds is 3. The van der Waals surface area contributed by atoms with Crippen molar-refractivity contribution in [1.82, 2.24) is 14.9 Å². The predicted molar refractivity (Wildman–Crippen MR) is 102 cm³/mol. The van der Waals surface area contributed by atoms with E-state index >= 15 is 0 Å². The Morgan fingerprint density at radius 1 is 1.06 bits per heavy atom. The van der Waals surface area contributed by atoms with Crippen LogP contribution < -0.4 is 4.90 Å². The van der Waals surface area contributed by atoms with Crippen LogP contribution in [0.15, 0.2) is 12.4 Å². The number of fused-ring (bicyclic) bond motifs is 1. The number of likely N-dealkylation sites (N-methyl/N-ethyl adjacent to an activating group) is 1. The lowest BCUT2D eigenvalue weighted by molar-refractivity contribution is -0.193. The van der Waals surface area contributed by atoms with Gasteiger partial charge in [0.2, 0.25) is 5.95 Å². The zero-order chi connectivity index (χ0) is 26.3. The molecular weight excluding hydrogens is 485 g/mol. The smallest absolute Gasteiger partial charge is 0.475 e. The quantitative estimate of drug-likeness (QED) is 0.594. The number of carbonyl (C=O) groups is 2. The Balaban J connectivity index is 0.000000343. The molecule has 1 aromatic heterocycles. The molecule has 0 bridgehead atoms. The summed E-state index contributed by atoms with van der Waals surface area (Å²) in [6, 6.07) is 0.360. The van der Waals surface area contributed by atoms with E-state index in [9.17, 15) is 30.7 Å². The highest BCUT2D eigenvalue weighted by molar-refractivity contribution is 5.73. The number of halogens is 7. The molecular formula is C18H23F7N4O5. The molecule has 3 atom stereocenters. The summed E-state index contributed by atoms with van der Waals surface area (Å²) >= 11 is 0. The molecule has 0 saturated carbocycles. The van der Waals surface area contributed by atoms with Crippen molar-refractivity contribution in [3.05, 3.63) is 18.2 Å². The monoisotopic (exact) mass is 508 g/mol. The molecule has 194 valence electrons. The molecule has 0 aromatic carbocycles. The van der Waals surface area contributed by atoms with E-state index in [4.69, 9.17) is 24.5 Å². The van der Waals surface area contributed by atoms with Crippen LogP contribution in [0, 0.1) is 11.7 Å². The largest absolute Gasteiger partial charge is 0.490 e. The van der Waals surface area contributed by atoms with Crippen molar-refractivity contribution in [3.8, 4) is 0 Å². The Morgan fingerprint density at radius 2 is 1.53 bits per heavy atom. The van der Waals surface area contributed by atoms with Crippen molar-refractivity contribution in [2.45, 2.75) is 37.8 Å². The van der Waals surface area contributed by atoms with Crippen LogP contribution in [0.5, 0.6) is 0 Å². The van der Waals surface area contributed by atoms with E-state index in [1.54, 1.807) is 7.11 Å². The summed E-state index contributed by atoms with van der Waals surface area (Å²) in [5.74, 6) is -4.80. The maximum Gasteiger partial charge on any atom is 0.490 e. The van der Waals surface area contributed by atoms with E-state index in [0.717, 1.165) is 32.6 Å². The van der Waals surface area contributed by atoms with Crippen molar-refractivity contribution < 1.29 is 55.3 Å². The van der Waals surface area contributed by atoms with E-state index in [1.165, 1.54) is 12.4 Å². The summed E-state index contributed by atoms with van der Waals surface area (Å²) in [7, 11) is 1.79. The molecule has 2 fully saturated rings. The molecule has 34 heavy (non-hydrogen) atoms. The van der Waals surface area contributed by atoms with Crippen LogP contribution in [-0.4, -0.2) is 94.8 Å². The number of carboxylic acids is 2. The number of nitrogens with zero attached hydrogens (tertiary/aromatic N) is 4. The normalized spacial score (nSPS) is 22.6. The van der Waals surface area contributed by atoms with Gasteiger partial charge in [0.25, 0.3) is 0 Å². The topological polar surface area (TPSA) is 116 Å². The van der Waals surface area contributed by atoms with Gasteiger partial charge in [0.1, 0.15) is 0 Å². The van der Waals surface area contributed by atoms with Gasteiger partial charge in [-0.25, -0.2) is 23.9 Å². The zero-order valence-corrected chi connectivity index (χ0v) is 18.0. The third-order valence-electron chi connectivity index (χ3n) is 5.04. The minimum absolute atomic E-state index is 0.299. The number of likely N-dealkylation sites (tertiary alicyclic amines) is 1. The van der Waals surface area contributed by atoms with Crippen molar-refractivity contribution >= 4 is 17.9 Å². The molecule has 0 amide bonds. The van der Waals surface area contributed by atoms with Crippen molar-refractivity contribution in [3.63, 3.8) is 0 Å². The molecule has 2 aliphatic rings. The van der Waals surface area contributed by atoms with Gasteiger partial charge < -0.3 is 24.7 Å². The Kier molecular flexibility index (Phi) is 10.4. The van der Waals surface area contributed by atoms with Crippen LogP contribution in [0.4, 0.5) is 36.7 Å². The van der Waals surface area contributed by atoms with Gasteiger partial charge in [-0.3, -0.25) is 0 Å². The fraction of sp³-hybridized carbons (Fsp3) is 0.667. The summed E-state index contributed by atoms with van der Waals surface area (Å²) < 4.78 is 82.1. The highest BCUT2D eigenvalue weighted by atomic mass is 19.4. The van der Waals surface area contributed by atoms with E-state index < -0.39 is 30.1 Å². The first-order valence-electron chi connectivity index (χ1n) is 9.71. The number of hydrogen-bond acceptors (Lipinski definition) is 7. The van der Waals surface area contributed by atoms with Crippen LogP contribution in [0.3, 0.4) is 0 Å². The van der Waals surface area contributed by atoms with E-state index in [1.807, 2.05) is 0 Å². The Labute approximate surface area is 189 Å². The fourth-order valence-electron chi connectivity index (χ4n) is 3.49. The van der Waals surface area contributed by atoms with Crippen molar-refractivity contribution in [1.29, 1.82) is 0 Å². The van der Waals surface area contributed by atoms with Crippen LogP contribution in [0.2, 0.25) is 0 Å². The van der Waals surface area contributed by atoms with Crippen LogP contribution in [0.1, 0.15) is 13.3 Å². The predicted octanol–water partition coefficient (Wildman–Crippen LogP) is 2.43. The molecule has 9 nitrogen and oxygen atoms in total. The molecule has 0 radical (unpaired) electrons. The van der Waals surface area contributed by atoms with Gasteiger partial charge in [-0.1, -0.05) is 6.92 Å². The zero-order valence-electron chi connectivity index (χ0n) is 18.0. The molecule has 3 rings (SSSR count). The Hall–Kier alpha value is -2.75. The van der Waals surface area contributed by atoms with Gasteiger partial charge >= 0.3 is 24.3 Å². The second-order valence-corrected chi connectivity index (χ2v) is 7.15. The summed E-state index contributed by atoms with van der Waals surface area (Å²) in [5, 5.41) is 14.2. The van der Waals surface area contributed by atoms with Gasteiger partial charge in [0.15, 0.2) is 5.82 Å². The van der Waals surface area contributed by atoms with E-state index in [-0.39, 0.29) is 0 Å². The van der Waals surface area contributed by atoms with E-state index in [2.05, 4.69) is 26.7 Å². The number of alkyl halides is 6.